The lowest BCUT2D eigenvalue weighted by Crippen LogP contribution is -1.91. The van der Waals surface area contributed by atoms with Crippen LogP contribution in [0.15, 0.2) is 6.07 Å². The van der Waals surface area contributed by atoms with Gasteiger partial charge >= 0.3 is 0 Å². The molecule has 10 heavy (non-hydrogen) atoms. The average molecular weight is 176 g/mol. The minimum absolute atomic E-state index is 0.456. The van der Waals surface area contributed by atoms with Crippen molar-refractivity contribution < 1.29 is 0 Å². The highest BCUT2D eigenvalue weighted by atomic mass is 35.5. The first-order valence-electron chi connectivity index (χ1n) is 2.70. The predicted octanol–water partition coefficient (Wildman–Crippen LogP) is 1.64. The molecule has 0 spiro atoms. The highest BCUT2D eigenvalue weighted by molar-refractivity contribution is 7.18. The van der Waals surface area contributed by atoms with E-state index in [4.69, 9.17) is 11.6 Å². The number of halogens is 1. The highest BCUT2D eigenvalue weighted by Gasteiger charge is 1.95. The quantitative estimate of drug-likeness (QED) is 0.521. The van der Waals surface area contributed by atoms with Crippen molar-refractivity contribution in [1.82, 2.24) is 9.97 Å². The van der Waals surface area contributed by atoms with Crippen molar-refractivity contribution in [3.8, 4) is 0 Å². The summed E-state index contributed by atoms with van der Waals surface area (Å²) in [6, 6.07) is 1.65. The third kappa shape index (κ3) is 1.79. The van der Waals surface area contributed by atoms with E-state index in [1.54, 1.807) is 13.0 Å². The van der Waals surface area contributed by atoms with Crippen molar-refractivity contribution in [1.29, 1.82) is 0 Å². The molecule has 0 fully saturated rings. The lowest BCUT2D eigenvalue weighted by molar-refractivity contribution is 1.06. The summed E-state index contributed by atoms with van der Waals surface area (Å²) < 4.78 is 0. The molecule has 0 aromatic carbocycles. The molecule has 1 unspecified atom stereocenters. The Kier molecular flexibility index (Phi) is 2.41. The second kappa shape index (κ2) is 3.13. The molecule has 0 amide bonds. The summed E-state index contributed by atoms with van der Waals surface area (Å²) in [5.74, 6) is 1.37. The van der Waals surface area contributed by atoms with Crippen LogP contribution in [-0.4, -0.2) is 9.97 Å². The molecule has 1 N–H and O–H groups in total. The van der Waals surface area contributed by atoms with Gasteiger partial charge in [0.2, 0.25) is 0 Å². The van der Waals surface area contributed by atoms with Gasteiger partial charge in [0.1, 0.15) is 16.8 Å². The molecular formula is C5H7ClN3P. The van der Waals surface area contributed by atoms with E-state index in [-0.39, 0.29) is 0 Å². The third-order valence-corrected chi connectivity index (χ3v) is 1.44. The highest BCUT2D eigenvalue weighted by Crippen LogP contribution is 2.11. The molecule has 3 nitrogen and oxygen atoms in total. The van der Waals surface area contributed by atoms with Crippen LogP contribution in [0.2, 0.25) is 5.15 Å². The molecule has 1 atom stereocenters. The van der Waals surface area contributed by atoms with Gasteiger partial charge in [-0.1, -0.05) is 11.6 Å². The van der Waals surface area contributed by atoms with Gasteiger partial charge in [0.05, 0.1) is 0 Å². The van der Waals surface area contributed by atoms with Crippen LogP contribution in [0, 0.1) is 6.92 Å². The SMILES string of the molecule is Cc1nc(Cl)cc(NP)n1. The lowest BCUT2D eigenvalue weighted by Gasteiger charge is -1.98. The third-order valence-electron chi connectivity index (χ3n) is 0.955. The van der Waals surface area contributed by atoms with E-state index in [1.165, 1.54) is 0 Å². The van der Waals surface area contributed by atoms with Crippen molar-refractivity contribution in [2.24, 2.45) is 0 Å². The summed E-state index contributed by atoms with van der Waals surface area (Å²) in [6.07, 6.45) is 0. The maximum absolute atomic E-state index is 5.63. The van der Waals surface area contributed by atoms with Crippen LogP contribution < -0.4 is 5.09 Å². The number of nitrogens with zero attached hydrogens (tertiary/aromatic N) is 2. The second-order valence-electron chi connectivity index (χ2n) is 1.77. The first-order valence-corrected chi connectivity index (χ1v) is 3.65. The van der Waals surface area contributed by atoms with Crippen LogP contribution in [-0.2, 0) is 0 Å². The normalized spacial score (nSPS) is 9.50. The van der Waals surface area contributed by atoms with Gasteiger partial charge in [-0.05, 0) is 16.3 Å². The second-order valence-corrected chi connectivity index (χ2v) is 2.44. The van der Waals surface area contributed by atoms with Crippen molar-refractivity contribution in [2.45, 2.75) is 6.92 Å². The first-order chi connectivity index (χ1) is 4.72. The molecular weight excluding hydrogens is 169 g/mol. The molecule has 0 radical (unpaired) electrons. The molecule has 1 aromatic rings. The first kappa shape index (κ1) is 7.70. The van der Waals surface area contributed by atoms with Crippen LogP contribution in [0.4, 0.5) is 5.82 Å². The Hall–Kier alpha value is -0.400. The van der Waals surface area contributed by atoms with E-state index in [1.807, 2.05) is 0 Å². The molecule has 0 saturated heterocycles. The van der Waals surface area contributed by atoms with Gasteiger partial charge in [0, 0.05) is 6.07 Å². The molecule has 0 bridgehead atoms. The van der Waals surface area contributed by atoms with Gasteiger partial charge in [-0.25, -0.2) is 9.97 Å². The fourth-order valence-electron chi connectivity index (χ4n) is 0.605. The van der Waals surface area contributed by atoms with Crippen molar-refractivity contribution in [3.63, 3.8) is 0 Å². The Morgan fingerprint density at radius 2 is 2.30 bits per heavy atom. The molecule has 1 heterocycles. The Morgan fingerprint density at radius 3 is 2.80 bits per heavy atom. The smallest absolute Gasteiger partial charge is 0.134 e. The zero-order valence-electron chi connectivity index (χ0n) is 5.43. The summed E-state index contributed by atoms with van der Waals surface area (Å²) in [7, 11) is 2.34. The Balaban J connectivity index is 3.06. The number of anilines is 1. The van der Waals surface area contributed by atoms with Crippen LogP contribution in [0.25, 0.3) is 0 Å². The number of nitrogens with one attached hydrogen (secondary N) is 1. The van der Waals surface area contributed by atoms with Crippen molar-refractivity contribution in [3.05, 3.63) is 17.0 Å². The maximum atomic E-state index is 5.63. The van der Waals surface area contributed by atoms with E-state index in [0.29, 0.717) is 16.8 Å². The van der Waals surface area contributed by atoms with E-state index in [2.05, 4.69) is 24.4 Å². The Bertz CT molecular complexity index is 220. The van der Waals surface area contributed by atoms with E-state index < -0.39 is 0 Å². The summed E-state index contributed by atoms with van der Waals surface area (Å²) in [6.45, 7) is 1.79. The van der Waals surface area contributed by atoms with E-state index in [9.17, 15) is 0 Å². The fraction of sp³-hybridized carbons (Fsp3) is 0.200. The van der Waals surface area contributed by atoms with Gasteiger partial charge in [-0.15, -0.1) is 0 Å². The topological polar surface area (TPSA) is 37.8 Å². The van der Waals surface area contributed by atoms with Gasteiger partial charge in [0.25, 0.3) is 0 Å². The number of aromatic nitrogens is 2. The average Bonchev–Trinajstić information content (AvgIpc) is 1.85. The maximum Gasteiger partial charge on any atom is 0.134 e. The molecule has 0 aliphatic rings. The molecule has 54 valence electrons. The van der Waals surface area contributed by atoms with Crippen LogP contribution >= 0.6 is 21.0 Å². The molecule has 1 rings (SSSR count). The standard InChI is InChI=1S/C5H7ClN3P/c1-3-7-4(6)2-5(8-3)9-10/h2H,10H2,1H3,(H,7,8,9). The van der Waals surface area contributed by atoms with Crippen molar-refractivity contribution >= 4 is 26.8 Å². The Morgan fingerprint density at radius 1 is 1.60 bits per heavy atom. The largest absolute Gasteiger partial charge is 0.354 e. The predicted molar refractivity (Wildman–Crippen MR) is 45.1 cm³/mol. The van der Waals surface area contributed by atoms with Crippen LogP contribution in [0.1, 0.15) is 5.82 Å². The van der Waals surface area contributed by atoms with Gasteiger partial charge in [0.15, 0.2) is 0 Å². The summed E-state index contributed by atoms with van der Waals surface area (Å²) in [5, 5.41) is 3.25. The van der Waals surface area contributed by atoms with Crippen LogP contribution in [0.5, 0.6) is 0 Å². The van der Waals surface area contributed by atoms with Crippen LogP contribution in [0.3, 0.4) is 0 Å². The minimum Gasteiger partial charge on any atom is -0.354 e. The van der Waals surface area contributed by atoms with Gasteiger partial charge in [-0.2, -0.15) is 0 Å². The van der Waals surface area contributed by atoms with Crippen molar-refractivity contribution in [2.75, 3.05) is 5.09 Å². The monoisotopic (exact) mass is 175 g/mol. The molecule has 5 heteroatoms. The summed E-state index contributed by atoms with van der Waals surface area (Å²) in [4.78, 5) is 7.91. The van der Waals surface area contributed by atoms with E-state index >= 15 is 0 Å². The zero-order chi connectivity index (χ0) is 7.56. The molecule has 0 aliphatic heterocycles. The van der Waals surface area contributed by atoms with Gasteiger partial charge < -0.3 is 5.09 Å². The Labute approximate surface area is 66.5 Å². The number of rotatable bonds is 1. The molecule has 0 saturated carbocycles. The van der Waals surface area contributed by atoms with Gasteiger partial charge in [-0.3, -0.25) is 0 Å². The number of aryl methyl sites for hydroxylation is 1. The number of hydrogen-bond donors (Lipinski definition) is 1. The molecule has 1 aromatic heterocycles. The summed E-state index contributed by atoms with van der Waals surface area (Å²) >= 11 is 5.63. The lowest BCUT2D eigenvalue weighted by atomic mass is 10.5. The summed E-state index contributed by atoms with van der Waals surface area (Å²) in [5.41, 5.74) is 0. The van der Waals surface area contributed by atoms with E-state index in [0.717, 1.165) is 0 Å². The zero-order valence-corrected chi connectivity index (χ0v) is 7.34. The molecule has 0 aliphatic carbocycles. The minimum atomic E-state index is 0.456. The number of hydrogen-bond acceptors (Lipinski definition) is 3. The fourth-order valence-corrected chi connectivity index (χ4v) is 0.979.